The van der Waals surface area contributed by atoms with E-state index in [4.69, 9.17) is 9.47 Å². The second kappa shape index (κ2) is 9.68. The first-order valence-corrected chi connectivity index (χ1v) is 11.1. The molecule has 0 spiro atoms. The Labute approximate surface area is 183 Å². The molecule has 3 heterocycles. The van der Waals surface area contributed by atoms with Crippen molar-refractivity contribution in [1.29, 1.82) is 0 Å². The molecule has 0 radical (unpaired) electrons. The fourth-order valence-electron chi connectivity index (χ4n) is 4.72. The minimum absolute atomic E-state index is 0.0192. The summed E-state index contributed by atoms with van der Waals surface area (Å²) in [5.74, 6) is 0.968. The Morgan fingerprint density at radius 2 is 1.84 bits per heavy atom. The maximum atomic E-state index is 12.8. The number of hydrogen-bond acceptors (Lipinski definition) is 5. The number of hydrogen-bond donors (Lipinski definition) is 0. The van der Waals surface area contributed by atoms with E-state index in [-0.39, 0.29) is 23.6 Å². The smallest absolute Gasteiger partial charge is 0.253 e. The molecule has 0 aliphatic carbocycles. The number of methoxy groups -OCH3 is 1. The van der Waals surface area contributed by atoms with Crippen LogP contribution in [0.1, 0.15) is 29.6 Å². The molecule has 168 valence electrons. The predicted octanol–water partition coefficient (Wildman–Crippen LogP) is 1.25. The standard InChI is InChI=1S/C23H31N3O5/c1-30-20-4-2-3-18(13-20)22(28)24-7-5-17(6-8-24)15-26-16-19(14-21(26)27)23(29)25-9-11-31-12-10-25/h2-4,13,17,19H,5-12,14-16H2,1H3. The zero-order chi connectivity index (χ0) is 21.8. The highest BCUT2D eigenvalue weighted by Gasteiger charge is 2.38. The molecule has 3 aliphatic rings. The van der Waals surface area contributed by atoms with Crippen LogP contribution in [0.25, 0.3) is 0 Å². The van der Waals surface area contributed by atoms with Crippen LogP contribution in [0, 0.1) is 11.8 Å². The summed E-state index contributed by atoms with van der Waals surface area (Å²) in [4.78, 5) is 43.6. The van der Waals surface area contributed by atoms with E-state index in [1.54, 1.807) is 13.2 Å². The average Bonchev–Trinajstić information content (AvgIpc) is 3.19. The largest absolute Gasteiger partial charge is 0.497 e. The first-order chi connectivity index (χ1) is 15.0. The van der Waals surface area contributed by atoms with Gasteiger partial charge in [-0.05, 0) is 37.0 Å². The summed E-state index contributed by atoms with van der Waals surface area (Å²) in [6.07, 6.45) is 2.03. The fourth-order valence-corrected chi connectivity index (χ4v) is 4.72. The van der Waals surface area contributed by atoms with Crippen molar-refractivity contribution < 1.29 is 23.9 Å². The number of piperidine rings is 1. The van der Waals surface area contributed by atoms with Gasteiger partial charge in [0.1, 0.15) is 5.75 Å². The fraction of sp³-hybridized carbons (Fsp3) is 0.609. The molecule has 1 atom stereocenters. The number of rotatable bonds is 5. The van der Waals surface area contributed by atoms with Gasteiger partial charge in [-0.3, -0.25) is 14.4 Å². The molecular weight excluding hydrogens is 398 g/mol. The molecule has 8 heteroatoms. The van der Waals surface area contributed by atoms with Crippen LogP contribution < -0.4 is 4.74 Å². The number of carbonyl (C=O) groups excluding carboxylic acids is 3. The van der Waals surface area contributed by atoms with Crippen molar-refractivity contribution in [2.45, 2.75) is 19.3 Å². The minimum Gasteiger partial charge on any atom is -0.497 e. The van der Waals surface area contributed by atoms with Crippen LogP contribution in [0.5, 0.6) is 5.75 Å². The number of amides is 3. The average molecular weight is 430 g/mol. The number of likely N-dealkylation sites (tertiary alicyclic amines) is 2. The van der Waals surface area contributed by atoms with Gasteiger partial charge in [0, 0.05) is 51.3 Å². The summed E-state index contributed by atoms with van der Waals surface area (Å²) in [5.41, 5.74) is 0.636. The second-order valence-electron chi connectivity index (χ2n) is 8.60. The van der Waals surface area contributed by atoms with E-state index in [9.17, 15) is 14.4 Å². The maximum absolute atomic E-state index is 12.8. The highest BCUT2D eigenvalue weighted by atomic mass is 16.5. The number of morpholine rings is 1. The third-order valence-electron chi connectivity index (χ3n) is 6.58. The molecule has 3 fully saturated rings. The molecule has 3 saturated heterocycles. The van der Waals surface area contributed by atoms with Crippen LogP contribution >= 0.6 is 0 Å². The van der Waals surface area contributed by atoms with Gasteiger partial charge in [0.05, 0.1) is 26.2 Å². The van der Waals surface area contributed by atoms with Crippen molar-refractivity contribution in [2.75, 3.05) is 59.6 Å². The van der Waals surface area contributed by atoms with Gasteiger partial charge in [-0.25, -0.2) is 0 Å². The Hall–Kier alpha value is -2.61. The monoisotopic (exact) mass is 429 g/mol. The van der Waals surface area contributed by atoms with Gasteiger partial charge in [-0.1, -0.05) is 6.07 Å². The molecule has 1 aromatic carbocycles. The molecular formula is C23H31N3O5. The van der Waals surface area contributed by atoms with Gasteiger partial charge < -0.3 is 24.2 Å². The number of carbonyl (C=O) groups is 3. The zero-order valence-electron chi connectivity index (χ0n) is 18.1. The van der Waals surface area contributed by atoms with Gasteiger partial charge in [0.15, 0.2) is 0 Å². The second-order valence-corrected chi connectivity index (χ2v) is 8.60. The van der Waals surface area contributed by atoms with Crippen LogP contribution in [0.3, 0.4) is 0 Å². The summed E-state index contributed by atoms with van der Waals surface area (Å²) in [6.45, 7) is 4.92. The van der Waals surface area contributed by atoms with E-state index in [0.717, 1.165) is 12.8 Å². The van der Waals surface area contributed by atoms with E-state index in [1.165, 1.54) is 0 Å². The van der Waals surface area contributed by atoms with Crippen molar-refractivity contribution in [3.05, 3.63) is 29.8 Å². The van der Waals surface area contributed by atoms with E-state index in [1.807, 2.05) is 32.9 Å². The molecule has 0 bridgehead atoms. The highest BCUT2D eigenvalue weighted by Crippen LogP contribution is 2.26. The Morgan fingerprint density at radius 1 is 1.10 bits per heavy atom. The Balaban J connectivity index is 1.26. The van der Waals surface area contributed by atoms with E-state index in [0.29, 0.717) is 76.1 Å². The third-order valence-corrected chi connectivity index (χ3v) is 6.58. The molecule has 1 aromatic rings. The maximum Gasteiger partial charge on any atom is 0.253 e. The number of nitrogens with zero attached hydrogens (tertiary/aromatic N) is 3. The normalized spacial score (nSPS) is 22.7. The van der Waals surface area contributed by atoms with Crippen molar-refractivity contribution in [1.82, 2.24) is 14.7 Å². The Kier molecular flexibility index (Phi) is 6.75. The molecule has 8 nitrogen and oxygen atoms in total. The Morgan fingerprint density at radius 3 is 2.55 bits per heavy atom. The minimum atomic E-state index is -0.236. The quantitative estimate of drug-likeness (QED) is 0.704. The van der Waals surface area contributed by atoms with E-state index >= 15 is 0 Å². The lowest BCUT2D eigenvalue weighted by atomic mass is 9.95. The SMILES string of the molecule is COc1cccc(C(=O)N2CCC(CN3CC(C(=O)N4CCOCC4)CC3=O)CC2)c1. The Bertz CT molecular complexity index is 815. The molecule has 0 N–H and O–H groups in total. The third kappa shape index (κ3) is 5.01. The molecule has 31 heavy (non-hydrogen) atoms. The lowest BCUT2D eigenvalue weighted by molar-refractivity contribution is -0.139. The molecule has 0 saturated carbocycles. The van der Waals surface area contributed by atoms with E-state index < -0.39 is 0 Å². The first-order valence-electron chi connectivity index (χ1n) is 11.1. The van der Waals surface area contributed by atoms with Gasteiger partial charge in [-0.15, -0.1) is 0 Å². The van der Waals surface area contributed by atoms with Crippen molar-refractivity contribution in [2.24, 2.45) is 11.8 Å². The molecule has 4 rings (SSSR count). The van der Waals surface area contributed by atoms with Crippen molar-refractivity contribution in [3.8, 4) is 5.75 Å². The predicted molar refractivity (Wildman–Crippen MR) is 114 cm³/mol. The number of benzene rings is 1. The van der Waals surface area contributed by atoms with Crippen LogP contribution in [0.4, 0.5) is 0 Å². The molecule has 0 aromatic heterocycles. The van der Waals surface area contributed by atoms with Crippen molar-refractivity contribution in [3.63, 3.8) is 0 Å². The van der Waals surface area contributed by atoms with Crippen molar-refractivity contribution >= 4 is 17.7 Å². The van der Waals surface area contributed by atoms with Gasteiger partial charge in [-0.2, -0.15) is 0 Å². The number of ether oxygens (including phenoxy) is 2. The topological polar surface area (TPSA) is 79.4 Å². The summed E-state index contributed by atoms with van der Waals surface area (Å²) in [7, 11) is 1.59. The van der Waals surface area contributed by atoms with Gasteiger partial charge >= 0.3 is 0 Å². The van der Waals surface area contributed by atoms with Crippen LogP contribution in [0.15, 0.2) is 24.3 Å². The van der Waals surface area contributed by atoms with Crippen LogP contribution in [-0.4, -0.2) is 92.0 Å². The van der Waals surface area contributed by atoms with Gasteiger partial charge in [0.2, 0.25) is 11.8 Å². The van der Waals surface area contributed by atoms with E-state index in [2.05, 4.69) is 0 Å². The summed E-state index contributed by atoms with van der Waals surface area (Å²) >= 11 is 0. The van der Waals surface area contributed by atoms with Crippen LogP contribution in [-0.2, 0) is 14.3 Å². The lowest BCUT2D eigenvalue weighted by Crippen LogP contribution is -2.44. The molecule has 3 aliphatic heterocycles. The first kappa shape index (κ1) is 21.6. The molecule has 1 unspecified atom stereocenters. The highest BCUT2D eigenvalue weighted by molar-refractivity contribution is 5.94. The van der Waals surface area contributed by atoms with Crippen LogP contribution in [0.2, 0.25) is 0 Å². The summed E-state index contributed by atoms with van der Waals surface area (Å²) in [5, 5.41) is 0. The summed E-state index contributed by atoms with van der Waals surface area (Å²) in [6, 6.07) is 7.23. The molecule has 3 amide bonds. The summed E-state index contributed by atoms with van der Waals surface area (Å²) < 4.78 is 10.5. The lowest BCUT2D eigenvalue weighted by Gasteiger charge is -2.34. The van der Waals surface area contributed by atoms with Gasteiger partial charge in [0.25, 0.3) is 5.91 Å². The zero-order valence-corrected chi connectivity index (χ0v) is 18.1.